The molecule has 0 aliphatic carbocycles. The van der Waals surface area contributed by atoms with Crippen LogP contribution in [0.25, 0.3) is 21.5 Å². The zero-order valence-electron chi connectivity index (χ0n) is 20.9. The van der Waals surface area contributed by atoms with Gasteiger partial charge >= 0.3 is 21.7 Å². The van der Waals surface area contributed by atoms with Gasteiger partial charge in [0.15, 0.2) is 0 Å². The Hall–Kier alpha value is -1.75. The predicted octanol–water partition coefficient (Wildman–Crippen LogP) is 1.25. The summed E-state index contributed by atoms with van der Waals surface area (Å²) in [6.45, 7) is 4.59. The average Bonchev–Trinajstić information content (AvgIpc) is 3.50. The normalized spacial score (nSPS) is 10.3. The van der Waals surface area contributed by atoms with Gasteiger partial charge in [0.25, 0.3) is 0 Å². The number of hydrogen-bond donors (Lipinski definition) is 0. The summed E-state index contributed by atoms with van der Waals surface area (Å²) in [6.07, 6.45) is 0. The first-order valence-electron chi connectivity index (χ1n) is 11.6. The molecule has 0 aliphatic rings. The number of benzene rings is 4. The summed E-state index contributed by atoms with van der Waals surface area (Å²) in [5.41, 5.74) is 0. The zero-order chi connectivity index (χ0) is 23.3. The largest absolute Gasteiger partial charge is 4.00 e. The van der Waals surface area contributed by atoms with Gasteiger partial charge < -0.3 is 24.8 Å². The Kier molecular flexibility index (Phi) is 12.8. The standard InChI is InChI=1S/C21H16P.C11H12P.2ClH.Ti/c1-3-11-19(12-4-1)22(20-13-5-2-6-14-20)21-15-17-9-7-8-10-18(17)16-21;1-12(2)11-7-9-5-3-4-6-10(9)8-11;;;/h1-16H;3-8H,1-2H3;2*1H;/q2*-1;;;+4/p-2. The fourth-order valence-electron chi connectivity index (χ4n) is 4.26. The third-order valence-electron chi connectivity index (χ3n) is 6.01. The molecule has 0 fully saturated rings. The maximum absolute atomic E-state index is 2.35. The molecule has 37 heavy (non-hydrogen) atoms. The first kappa shape index (κ1) is 31.5. The molecule has 0 saturated carbocycles. The summed E-state index contributed by atoms with van der Waals surface area (Å²) in [4.78, 5) is 0. The Morgan fingerprint density at radius 2 is 0.865 bits per heavy atom. The zero-order valence-corrected chi connectivity index (χ0v) is 25.7. The van der Waals surface area contributed by atoms with Crippen LogP contribution >= 0.6 is 15.8 Å². The molecular weight excluding hydrogens is 565 g/mol. The van der Waals surface area contributed by atoms with E-state index in [1.165, 1.54) is 42.8 Å². The van der Waals surface area contributed by atoms with Crippen molar-refractivity contribution in [1.82, 2.24) is 0 Å². The maximum atomic E-state index is 2.35. The summed E-state index contributed by atoms with van der Waals surface area (Å²) >= 11 is 0. The Balaban J connectivity index is 0.000000277. The Morgan fingerprint density at radius 3 is 1.30 bits per heavy atom. The Labute approximate surface area is 250 Å². The van der Waals surface area contributed by atoms with E-state index in [2.05, 4.69) is 147 Å². The molecule has 0 N–H and O–H groups in total. The van der Waals surface area contributed by atoms with Crippen LogP contribution in [0, 0.1) is 0 Å². The quantitative estimate of drug-likeness (QED) is 0.164. The minimum atomic E-state index is -0.493. The molecule has 0 aliphatic heterocycles. The molecule has 0 aromatic heterocycles. The van der Waals surface area contributed by atoms with Crippen molar-refractivity contribution in [3.8, 4) is 0 Å². The minimum Gasteiger partial charge on any atom is -1.00 e. The molecule has 0 amide bonds. The van der Waals surface area contributed by atoms with Crippen LogP contribution in [0.15, 0.2) is 133 Å². The van der Waals surface area contributed by atoms with E-state index in [-0.39, 0.29) is 54.5 Å². The van der Waals surface area contributed by atoms with E-state index in [9.17, 15) is 0 Å². The second kappa shape index (κ2) is 15.0. The van der Waals surface area contributed by atoms with Gasteiger partial charge in [-0.1, -0.05) is 72.8 Å². The van der Waals surface area contributed by atoms with Crippen molar-refractivity contribution in [3.63, 3.8) is 0 Å². The van der Waals surface area contributed by atoms with Crippen molar-refractivity contribution in [1.29, 1.82) is 0 Å². The second-order valence-electron chi connectivity index (χ2n) is 8.59. The van der Waals surface area contributed by atoms with E-state index in [4.69, 9.17) is 0 Å². The fraction of sp³-hybridized carbons (Fsp3) is 0.0625. The number of halogens is 2. The summed E-state index contributed by atoms with van der Waals surface area (Å²) in [7, 11) is -0.435. The topological polar surface area (TPSA) is 0 Å². The van der Waals surface area contributed by atoms with Gasteiger partial charge in [-0.3, -0.25) is 0 Å². The number of rotatable bonds is 4. The van der Waals surface area contributed by atoms with Crippen molar-refractivity contribution in [2.75, 3.05) is 13.3 Å². The SMILES string of the molecule is CP(C)c1cc2ccccc2[cH-]1.[Cl-].[Cl-].[Ti+4].c1ccc(P(c2ccccc2)c2cc3ccccc3[cH-]2)cc1. The number of fused-ring (bicyclic) bond motifs is 2. The van der Waals surface area contributed by atoms with Crippen molar-refractivity contribution in [2.24, 2.45) is 0 Å². The molecule has 0 atom stereocenters. The van der Waals surface area contributed by atoms with Crippen molar-refractivity contribution >= 4 is 58.6 Å². The third kappa shape index (κ3) is 7.65. The van der Waals surface area contributed by atoms with E-state index in [0.29, 0.717) is 0 Å². The summed E-state index contributed by atoms with van der Waals surface area (Å²) in [6, 6.07) is 48.2. The van der Waals surface area contributed by atoms with E-state index >= 15 is 0 Å². The van der Waals surface area contributed by atoms with Crippen LogP contribution in [-0.2, 0) is 21.7 Å². The summed E-state index contributed by atoms with van der Waals surface area (Å²) in [5.74, 6) is 0. The molecule has 0 spiro atoms. The van der Waals surface area contributed by atoms with Crippen LogP contribution in [-0.4, -0.2) is 13.3 Å². The molecule has 6 aromatic rings. The number of hydrogen-bond acceptors (Lipinski definition) is 0. The Bertz CT molecular complexity index is 1390. The fourth-order valence-corrected chi connectivity index (χ4v) is 7.42. The van der Waals surface area contributed by atoms with Gasteiger partial charge in [-0.05, 0) is 31.9 Å². The first-order chi connectivity index (χ1) is 16.7. The maximum Gasteiger partial charge on any atom is 4.00 e. The van der Waals surface area contributed by atoms with Crippen LogP contribution in [0.3, 0.4) is 0 Å². The molecule has 0 bridgehead atoms. The average molecular weight is 593 g/mol. The van der Waals surface area contributed by atoms with E-state index in [1.54, 1.807) is 0 Å². The van der Waals surface area contributed by atoms with Crippen LogP contribution in [0.1, 0.15) is 0 Å². The van der Waals surface area contributed by atoms with Gasteiger partial charge in [0.1, 0.15) is 0 Å². The van der Waals surface area contributed by atoms with Gasteiger partial charge in [0.2, 0.25) is 0 Å². The summed E-state index contributed by atoms with van der Waals surface area (Å²) in [5, 5.41) is 11.2. The molecule has 0 radical (unpaired) electrons. The van der Waals surface area contributed by atoms with Gasteiger partial charge in [-0.25, -0.2) is 0 Å². The monoisotopic (exact) mass is 592 g/mol. The Morgan fingerprint density at radius 1 is 0.486 bits per heavy atom. The first-order valence-corrected chi connectivity index (χ1v) is 15.2. The molecule has 184 valence electrons. The van der Waals surface area contributed by atoms with Gasteiger partial charge in [0, 0.05) is 0 Å². The van der Waals surface area contributed by atoms with E-state index < -0.39 is 7.92 Å². The molecule has 0 saturated heterocycles. The smallest absolute Gasteiger partial charge is 1.00 e. The van der Waals surface area contributed by atoms with Crippen LogP contribution in [0.2, 0.25) is 0 Å². The summed E-state index contributed by atoms with van der Waals surface area (Å²) < 4.78 is 0. The van der Waals surface area contributed by atoms with Crippen LogP contribution < -0.4 is 46.0 Å². The van der Waals surface area contributed by atoms with Crippen molar-refractivity contribution < 1.29 is 46.5 Å². The van der Waals surface area contributed by atoms with Crippen LogP contribution in [0.5, 0.6) is 0 Å². The van der Waals surface area contributed by atoms with Gasteiger partial charge in [0.05, 0.1) is 0 Å². The predicted molar refractivity (Wildman–Crippen MR) is 156 cm³/mol. The molecule has 5 heteroatoms. The van der Waals surface area contributed by atoms with Crippen molar-refractivity contribution in [3.05, 3.63) is 133 Å². The van der Waals surface area contributed by atoms with Crippen molar-refractivity contribution in [2.45, 2.75) is 0 Å². The van der Waals surface area contributed by atoms with Crippen LogP contribution in [0.4, 0.5) is 0 Å². The molecule has 0 nitrogen and oxygen atoms in total. The van der Waals surface area contributed by atoms with E-state index in [1.807, 2.05) is 0 Å². The molecular formula is C32H28Cl2P2Ti. The van der Waals surface area contributed by atoms with Gasteiger partial charge in [-0.15, -0.1) is 88.6 Å². The van der Waals surface area contributed by atoms with Gasteiger partial charge in [-0.2, -0.15) is 12.1 Å². The molecule has 0 heterocycles. The minimum absolute atomic E-state index is 0. The molecule has 6 aromatic carbocycles. The molecule has 0 unspecified atom stereocenters. The second-order valence-corrected chi connectivity index (χ2v) is 13.1. The third-order valence-corrected chi connectivity index (χ3v) is 9.70. The van der Waals surface area contributed by atoms with E-state index in [0.717, 1.165) is 0 Å². The molecule has 6 rings (SSSR count).